The highest BCUT2D eigenvalue weighted by molar-refractivity contribution is 5.09. The molecule has 0 aliphatic rings. The lowest BCUT2D eigenvalue weighted by molar-refractivity contribution is 0.242. The normalized spacial score (nSPS) is 13.2. The van der Waals surface area contributed by atoms with E-state index in [1.165, 1.54) is 12.3 Å². The summed E-state index contributed by atoms with van der Waals surface area (Å²) in [6.45, 7) is 9.86. The van der Waals surface area contributed by atoms with Crippen molar-refractivity contribution in [2.45, 2.75) is 33.2 Å². The van der Waals surface area contributed by atoms with E-state index in [1.807, 2.05) is 7.05 Å². The minimum atomic E-state index is -0.284. The first-order chi connectivity index (χ1) is 9.06. The molecule has 1 unspecified atom stereocenters. The Kier molecular flexibility index (Phi) is 6.95. The summed E-state index contributed by atoms with van der Waals surface area (Å²) in [5.74, 6) is 0.394. The van der Waals surface area contributed by atoms with Gasteiger partial charge in [-0.3, -0.25) is 4.98 Å². The second-order valence-corrected chi connectivity index (χ2v) is 5.32. The summed E-state index contributed by atoms with van der Waals surface area (Å²) in [6, 6.07) is 3.41. The highest BCUT2D eigenvalue weighted by Crippen LogP contribution is 2.15. The van der Waals surface area contributed by atoms with Crippen molar-refractivity contribution in [1.29, 1.82) is 0 Å². The Bertz CT molecular complexity index is 351. The fraction of sp³-hybridized carbons (Fsp3) is 0.667. The monoisotopic (exact) mass is 267 g/mol. The lowest BCUT2D eigenvalue weighted by atomic mass is 10.1. The van der Waals surface area contributed by atoms with Crippen LogP contribution >= 0.6 is 0 Å². The quantitative estimate of drug-likeness (QED) is 0.785. The van der Waals surface area contributed by atoms with Crippen LogP contribution in [0.3, 0.4) is 0 Å². The van der Waals surface area contributed by atoms with Gasteiger partial charge in [-0.25, -0.2) is 4.39 Å². The molecule has 0 fully saturated rings. The summed E-state index contributed by atoms with van der Waals surface area (Å²) in [6.07, 6.45) is 2.26. The maximum atomic E-state index is 12.9. The van der Waals surface area contributed by atoms with Crippen LogP contribution in [0.4, 0.5) is 4.39 Å². The number of aromatic nitrogens is 1. The Morgan fingerprint density at radius 2 is 2.11 bits per heavy atom. The number of nitrogens with one attached hydrogen (secondary N) is 1. The summed E-state index contributed by atoms with van der Waals surface area (Å²) in [5, 5.41) is 3.26. The van der Waals surface area contributed by atoms with Crippen LogP contribution in [0.15, 0.2) is 18.3 Å². The summed E-state index contributed by atoms with van der Waals surface area (Å²) < 4.78 is 12.9. The SMILES string of the molecule is CCN(CCC(NC)c1ccc(F)cn1)CC(C)C. The molecule has 1 rings (SSSR count). The van der Waals surface area contributed by atoms with Crippen LogP contribution in [0.1, 0.15) is 38.9 Å². The van der Waals surface area contributed by atoms with E-state index in [9.17, 15) is 4.39 Å². The fourth-order valence-corrected chi connectivity index (χ4v) is 2.24. The first-order valence-electron chi connectivity index (χ1n) is 7.07. The van der Waals surface area contributed by atoms with Gasteiger partial charge < -0.3 is 10.2 Å². The predicted molar refractivity (Wildman–Crippen MR) is 77.6 cm³/mol. The van der Waals surface area contributed by atoms with Crippen molar-refractivity contribution >= 4 is 0 Å². The van der Waals surface area contributed by atoms with Crippen LogP contribution in [0.5, 0.6) is 0 Å². The highest BCUT2D eigenvalue weighted by atomic mass is 19.1. The first-order valence-corrected chi connectivity index (χ1v) is 7.07. The van der Waals surface area contributed by atoms with E-state index in [-0.39, 0.29) is 11.9 Å². The number of rotatable bonds is 8. The maximum absolute atomic E-state index is 12.9. The van der Waals surface area contributed by atoms with Crippen molar-refractivity contribution in [3.05, 3.63) is 29.8 Å². The molecule has 1 N–H and O–H groups in total. The number of pyridine rings is 1. The molecule has 0 aliphatic carbocycles. The lowest BCUT2D eigenvalue weighted by Crippen LogP contribution is -2.31. The van der Waals surface area contributed by atoms with Gasteiger partial charge in [0.25, 0.3) is 0 Å². The molecule has 1 atom stereocenters. The van der Waals surface area contributed by atoms with E-state index in [2.05, 4.69) is 36.0 Å². The molecule has 1 aromatic heterocycles. The molecule has 1 aromatic rings. The molecule has 108 valence electrons. The van der Waals surface area contributed by atoms with Crippen LogP contribution in [0.2, 0.25) is 0 Å². The molecule has 1 heterocycles. The van der Waals surface area contributed by atoms with Gasteiger partial charge in [-0.15, -0.1) is 0 Å². The van der Waals surface area contributed by atoms with Crippen molar-refractivity contribution in [3.63, 3.8) is 0 Å². The second kappa shape index (κ2) is 8.23. The Labute approximate surface area is 116 Å². The molecule has 0 aromatic carbocycles. The van der Waals surface area contributed by atoms with Gasteiger partial charge in [0.2, 0.25) is 0 Å². The molecular weight excluding hydrogens is 241 g/mol. The summed E-state index contributed by atoms with van der Waals surface area (Å²) in [5.41, 5.74) is 0.907. The average Bonchev–Trinajstić information content (AvgIpc) is 2.39. The molecule has 3 nitrogen and oxygen atoms in total. The van der Waals surface area contributed by atoms with E-state index in [4.69, 9.17) is 0 Å². The molecular formula is C15H26FN3. The van der Waals surface area contributed by atoms with Gasteiger partial charge in [0.05, 0.1) is 17.9 Å². The number of halogens is 1. The molecule has 0 aliphatic heterocycles. The summed E-state index contributed by atoms with van der Waals surface area (Å²) in [4.78, 5) is 6.60. The number of nitrogens with zero attached hydrogens (tertiary/aromatic N) is 2. The van der Waals surface area contributed by atoms with Crippen LogP contribution in [0.25, 0.3) is 0 Å². The van der Waals surface area contributed by atoms with Gasteiger partial charge in [0, 0.05) is 6.54 Å². The number of hydrogen-bond acceptors (Lipinski definition) is 3. The number of hydrogen-bond donors (Lipinski definition) is 1. The molecule has 0 radical (unpaired) electrons. The molecule has 0 spiro atoms. The third-order valence-corrected chi connectivity index (χ3v) is 3.26. The van der Waals surface area contributed by atoms with Crippen LogP contribution in [-0.4, -0.2) is 36.6 Å². The zero-order valence-electron chi connectivity index (χ0n) is 12.5. The van der Waals surface area contributed by atoms with Gasteiger partial charge in [0.15, 0.2) is 0 Å². The smallest absolute Gasteiger partial charge is 0.141 e. The van der Waals surface area contributed by atoms with E-state index in [0.29, 0.717) is 5.92 Å². The molecule has 0 amide bonds. The van der Waals surface area contributed by atoms with Crippen LogP contribution in [0, 0.1) is 11.7 Å². The summed E-state index contributed by atoms with van der Waals surface area (Å²) in [7, 11) is 1.93. The van der Waals surface area contributed by atoms with Crippen molar-refractivity contribution in [2.24, 2.45) is 5.92 Å². The first kappa shape index (κ1) is 16.1. The van der Waals surface area contributed by atoms with Crippen molar-refractivity contribution in [3.8, 4) is 0 Å². The Hall–Kier alpha value is -1.00. The third kappa shape index (κ3) is 5.66. The van der Waals surface area contributed by atoms with Gasteiger partial charge in [-0.2, -0.15) is 0 Å². The third-order valence-electron chi connectivity index (χ3n) is 3.26. The maximum Gasteiger partial charge on any atom is 0.141 e. The zero-order chi connectivity index (χ0) is 14.3. The largest absolute Gasteiger partial charge is 0.312 e. The predicted octanol–water partition coefficient (Wildman–Crippen LogP) is 2.85. The minimum Gasteiger partial charge on any atom is -0.312 e. The summed E-state index contributed by atoms with van der Waals surface area (Å²) >= 11 is 0. The van der Waals surface area contributed by atoms with Gasteiger partial charge in [0.1, 0.15) is 5.82 Å². The van der Waals surface area contributed by atoms with Gasteiger partial charge in [-0.1, -0.05) is 20.8 Å². The molecule has 19 heavy (non-hydrogen) atoms. The Morgan fingerprint density at radius 3 is 2.58 bits per heavy atom. The average molecular weight is 267 g/mol. The lowest BCUT2D eigenvalue weighted by Gasteiger charge is -2.25. The zero-order valence-corrected chi connectivity index (χ0v) is 12.5. The van der Waals surface area contributed by atoms with E-state index in [1.54, 1.807) is 6.07 Å². The fourth-order valence-electron chi connectivity index (χ4n) is 2.24. The molecule has 0 saturated heterocycles. The molecule has 0 saturated carbocycles. The van der Waals surface area contributed by atoms with Gasteiger partial charge in [-0.05, 0) is 44.6 Å². The standard InChI is InChI=1S/C15H26FN3/c1-5-19(11-12(2)3)9-8-14(17-4)15-7-6-13(16)10-18-15/h6-7,10,12,14,17H,5,8-9,11H2,1-4H3. The van der Waals surface area contributed by atoms with E-state index >= 15 is 0 Å². The van der Waals surface area contributed by atoms with Crippen molar-refractivity contribution < 1.29 is 4.39 Å². The topological polar surface area (TPSA) is 28.2 Å². The Balaban J connectivity index is 2.54. The molecule has 4 heteroatoms. The minimum absolute atomic E-state index is 0.182. The van der Waals surface area contributed by atoms with Crippen LogP contribution in [-0.2, 0) is 0 Å². The van der Waals surface area contributed by atoms with Crippen LogP contribution < -0.4 is 5.32 Å². The Morgan fingerprint density at radius 1 is 1.37 bits per heavy atom. The van der Waals surface area contributed by atoms with Crippen molar-refractivity contribution in [1.82, 2.24) is 15.2 Å². The second-order valence-electron chi connectivity index (χ2n) is 5.32. The molecule has 0 bridgehead atoms. The highest BCUT2D eigenvalue weighted by Gasteiger charge is 2.13. The van der Waals surface area contributed by atoms with E-state index in [0.717, 1.165) is 31.7 Å². The van der Waals surface area contributed by atoms with E-state index < -0.39 is 0 Å². The van der Waals surface area contributed by atoms with Crippen molar-refractivity contribution in [2.75, 3.05) is 26.7 Å². The van der Waals surface area contributed by atoms with Gasteiger partial charge >= 0.3 is 0 Å².